The first-order valence-corrected chi connectivity index (χ1v) is 9.24. The maximum Gasteiger partial charge on any atom is 0.138 e. The Morgan fingerprint density at radius 1 is 1.14 bits per heavy atom. The minimum atomic E-state index is 0.674. The van der Waals surface area contributed by atoms with Gasteiger partial charge < -0.3 is 15.0 Å². The van der Waals surface area contributed by atoms with Crippen molar-refractivity contribution in [3.05, 3.63) is 26.6 Å². The third-order valence-electron chi connectivity index (χ3n) is 3.28. The Balaban J connectivity index is 2.54. The lowest BCUT2D eigenvalue weighted by atomic mass is 10.2. The summed E-state index contributed by atoms with van der Waals surface area (Å²) in [5.74, 6) is 0.939. The second-order valence-electron chi connectivity index (χ2n) is 4.92. The van der Waals surface area contributed by atoms with Gasteiger partial charge in [-0.2, -0.15) is 0 Å². The minimum Gasteiger partial charge on any atom is -0.492 e. The molecule has 5 heteroatoms. The second kappa shape index (κ2) is 10.6. The van der Waals surface area contributed by atoms with Crippen molar-refractivity contribution >= 4 is 31.9 Å². The number of halogens is 2. The Morgan fingerprint density at radius 3 is 2.52 bits per heavy atom. The highest BCUT2D eigenvalue weighted by Crippen LogP contribution is 2.32. The summed E-state index contributed by atoms with van der Waals surface area (Å²) in [5.41, 5.74) is 1.18. The van der Waals surface area contributed by atoms with Crippen molar-refractivity contribution in [1.29, 1.82) is 0 Å². The molecule has 0 unspecified atom stereocenters. The standard InChI is InChI=1S/C16H26Br2N2O/c1-4-8-20(5-2)9-7-19-12-13-10-14(17)11-15(18)16(13)21-6-3/h10-11,19H,4-9,12H2,1-3H3. The first-order valence-electron chi connectivity index (χ1n) is 7.66. The molecular formula is C16H26Br2N2O. The summed E-state index contributed by atoms with van der Waals surface area (Å²) in [6, 6.07) is 4.14. The molecule has 0 spiro atoms. The molecule has 0 heterocycles. The van der Waals surface area contributed by atoms with Crippen molar-refractivity contribution < 1.29 is 4.74 Å². The molecule has 120 valence electrons. The van der Waals surface area contributed by atoms with Gasteiger partial charge in [-0.05, 0) is 54.5 Å². The van der Waals surface area contributed by atoms with Crippen LogP contribution in [-0.2, 0) is 6.54 Å². The van der Waals surface area contributed by atoms with E-state index in [1.165, 1.54) is 18.5 Å². The maximum atomic E-state index is 5.74. The predicted molar refractivity (Wildman–Crippen MR) is 97.1 cm³/mol. The molecule has 1 rings (SSSR count). The Bertz CT molecular complexity index is 427. The quantitative estimate of drug-likeness (QED) is 0.565. The van der Waals surface area contributed by atoms with Crippen molar-refractivity contribution in [3.63, 3.8) is 0 Å². The summed E-state index contributed by atoms with van der Waals surface area (Å²) in [6.45, 7) is 12.3. The van der Waals surface area contributed by atoms with Gasteiger partial charge in [0.05, 0.1) is 11.1 Å². The molecule has 0 saturated heterocycles. The number of likely N-dealkylation sites (N-methyl/N-ethyl adjacent to an activating group) is 1. The molecule has 0 atom stereocenters. The maximum absolute atomic E-state index is 5.74. The second-order valence-corrected chi connectivity index (χ2v) is 6.69. The number of hydrogen-bond donors (Lipinski definition) is 1. The molecule has 0 aliphatic heterocycles. The number of rotatable bonds is 10. The Labute approximate surface area is 145 Å². The highest BCUT2D eigenvalue weighted by atomic mass is 79.9. The number of benzene rings is 1. The van der Waals surface area contributed by atoms with Crippen molar-refractivity contribution in [3.8, 4) is 5.75 Å². The first-order chi connectivity index (χ1) is 10.1. The van der Waals surface area contributed by atoms with Crippen LogP contribution in [0.1, 0.15) is 32.8 Å². The highest BCUT2D eigenvalue weighted by Gasteiger charge is 2.10. The summed E-state index contributed by atoms with van der Waals surface area (Å²) in [6.07, 6.45) is 1.21. The molecule has 0 fully saturated rings. The first kappa shape index (κ1) is 18.9. The van der Waals surface area contributed by atoms with E-state index >= 15 is 0 Å². The Morgan fingerprint density at radius 2 is 1.90 bits per heavy atom. The van der Waals surface area contributed by atoms with E-state index in [4.69, 9.17) is 4.74 Å². The normalized spacial score (nSPS) is 11.1. The van der Waals surface area contributed by atoms with E-state index in [2.05, 4.69) is 62.0 Å². The van der Waals surface area contributed by atoms with Gasteiger partial charge in [-0.1, -0.05) is 29.8 Å². The zero-order valence-corrected chi connectivity index (χ0v) is 16.4. The monoisotopic (exact) mass is 420 g/mol. The van der Waals surface area contributed by atoms with Crippen LogP contribution in [0.3, 0.4) is 0 Å². The van der Waals surface area contributed by atoms with Gasteiger partial charge in [0.1, 0.15) is 5.75 Å². The molecule has 0 aliphatic carbocycles. The third kappa shape index (κ3) is 6.68. The van der Waals surface area contributed by atoms with Crippen molar-refractivity contribution in [2.24, 2.45) is 0 Å². The Kier molecular flexibility index (Phi) is 9.56. The van der Waals surface area contributed by atoms with E-state index in [0.29, 0.717) is 6.61 Å². The summed E-state index contributed by atoms with van der Waals surface area (Å²) >= 11 is 7.11. The summed E-state index contributed by atoms with van der Waals surface area (Å²) in [4.78, 5) is 2.47. The van der Waals surface area contributed by atoms with Gasteiger partial charge in [-0.25, -0.2) is 0 Å². The van der Waals surface area contributed by atoms with Gasteiger partial charge in [0.2, 0.25) is 0 Å². The minimum absolute atomic E-state index is 0.674. The average molecular weight is 422 g/mol. The van der Waals surface area contributed by atoms with Gasteiger partial charge in [-0.3, -0.25) is 0 Å². The number of nitrogens with zero attached hydrogens (tertiary/aromatic N) is 1. The molecular weight excluding hydrogens is 396 g/mol. The zero-order chi connectivity index (χ0) is 15.7. The molecule has 0 amide bonds. The fourth-order valence-corrected chi connectivity index (χ4v) is 3.68. The molecule has 0 bridgehead atoms. The van der Waals surface area contributed by atoms with Gasteiger partial charge in [-0.15, -0.1) is 0 Å². The van der Waals surface area contributed by atoms with E-state index in [0.717, 1.165) is 40.9 Å². The smallest absolute Gasteiger partial charge is 0.138 e. The summed E-state index contributed by atoms with van der Waals surface area (Å²) in [7, 11) is 0. The van der Waals surface area contributed by atoms with E-state index in [-0.39, 0.29) is 0 Å². The van der Waals surface area contributed by atoms with E-state index in [9.17, 15) is 0 Å². The molecule has 3 nitrogen and oxygen atoms in total. The fraction of sp³-hybridized carbons (Fsp3) is 0.625. The number of hydrogen-bond acceptors (Lipinski definition) is 3. The van der Waals surface area contributed by atoms with Crippen LogP contribution in [0.15, 0.2) is 21.1 Å². The van der Waals surface area contributed by atoms with Gasteiger partial charge >= 0.3 is 0 Å². The van der Waals surface area contributed by atoms with E-state index in [1.54, 1.807) is 0 Å². The molecule has 21 heavy (non-hydrogen) atoms. The van der Waals surface area contributed by atoms with Gasteiger partial charge in [0, 0.05) is 29.7 Å². The van der Waals surface area contributed by atoms with Gasteiger partial charge in [0.25, 0.3) is 0 Å². The molecule has 1 aromatic carbocycles. The van der Waals surface area contributed by atoms with E-state index < -0.39 is 0 Å². The number of ether oxygens (including phenoxy) is 1. The lowest BCUT2D eigenvalue weighted by Crippen LogP contribution is -2.32. The van der Waals surface area contributed by atoms with Crippen molar-refractivity contribution in [2.45, 2.75) is 33.7 Å². The molecule has 1 aromatic rings. The van der Waals surface area contributed by atoms with E-state index in [1.807, 2.05) is 13.0 Å². The largest absolute Gasteiger partial charge is 0.492 e. The zero-order valence-electron chi connectivity index (χ0n) is 13.2. The lowest BCUT2D eigenvalue weighted by Gasteiger charge is -2.20. The molecule has 0 aliphatic rings. The van der Waals surface area contributed by atoms with Crippen molar-refractivity contribution in [2.75, 3.05) is 32.8 Å². The average Bonchev–Trinajstić information content (AvgIpc) is 2.45. The van der Waals surface area contributed by atoms with Crippen LogP contribution in [0.5, 0.6) is 5.75 Å². The lowest BCUT2D eigenvalue weighted by molar-refractivity contribution is 0.287. The summed E-state index contributed by atoms with van der Waals surface area (Å²) < 4.78 is 7.81. The molecule has 0 saturated carbocycles. The fourth-order valence-electron chi connectivity index (χ4n) is 2.26. The van der Waals surface area contributed by atoms with Gasteiger partial charge in [0.15, 0.2) is 0 Å². The topological polar surface area (TPSA) is 24.5 Å². The predicted octanol–water partition coefficient (Wildman–Crippen LogP) is 4.43. The molecule has 0 aromatic heterocycles. The Hall–Kier alpha value is -0.100. The van der Waals surface area contributed by atoms with Crippen LogP contribution in [-0.4, -0.2) is 37.7 Å². The molecule has 1 N–H and O–H groups in total. The number of nitrogens with one attached hydrogen (secondary N) is 1. The third-order valence-corrected chi connectivity index (χ3v) is 4.33. The van der Waals surface area contributed by atoms with Crippen LogP contribution in [0.25, 0.3) is 0 Å². The van der Waals surface area contributed by atoms with Crippen LogP contribution >= 0.6 is 31.9 Å². The van der Waals surface area contributed by atoms with Crippen molar-refractivity contribution in [1.82, 2.24) is 10.2 Å². The SMILES string of the molecule is CCCN(CC)CCNCc1cc(Br)cc(Br)c1OCC. The van der Waals surface area contributed by atoms with Crippen LogP contribution in [0, 0.1) is 0 Å². The van der Waals surface area contributed by atoms with Crippen LogP contribution in [0.4, 0.5) is 0 Å². The van der Waals surface area contributed by atoms with Crippen LogP contribution in [0.2, 0.25) is 0 Å². The van der Waals surface area contributed by atoms with Crippen LogP contribution < -0.4 is 10.1 Å². The molecule has 0 radical (unpaired) electrons. The highest BCUT2D eigenvalue weighted by molar-refractivity contribution is 9.11. The summed E-state index contributed by atoms with van der Waals surface area (Å²) in [5, 5.41) is 3.51.